The predicted octanol–water partition coefficient (Wildman–Crippen LogP) is 3.30. The first-order chi connectivity index (χ1) is 10.1. The van der Waals surface area contributed by atoms with E-state index in [9.17, 15) is 4.79 Å². The Balaban J connectivity index is 2.08. The number of benzene rings is 1. The van der Waals surface area contributed by atoms with Crippen LogP contribution in [0.15, 0.2) is 42.7 Å². The van der Waals surface area contributed by atoms with Crippen molar-refractivity contribution in [3.8, 4) is 11.5 Å². The predicted molar refractivity (Wildman–Crippen MR) is 81.0 cm³/mol. The summed E-state index contributed by atoms with van der Waals surface area (Å²) in [5.74, 6) is 1.41. The first-order valence-corrected chi connectivity index (χ1v) is 6.86. The largest absolute Gasteiger partial charge is 0.497 e. The standard InChI is InChI=1S/C17H19NO3/c1-12(2)21-16-9-14(10-18-11-16)17(19)8-13-4-6-15(20-3)7-5-13/h4-7,9-12H,8H2,1-3H3. The Hall–Kier alpha value is -2.36. The highest BCUT2D eigenvalue weighted by Gasteiger charge is 2.09. The van der Waals surface area contributed by atoms with Crippen molar-refractivity contribution in [1.29, 1.82) is 0 Å². The summed E-state index contributed by atoms with van der Waals surface area (Å²) in [7, 11) is 1.62. The molecule has 0 aliphatic heterocycles. The highest BCUT2D eigenvalue weighted by molar-refractivity contribution is 5.97. The minimum absolute atomic E-state index is 0.0156. The normalized spacial score (nSPS) is 10.5. The SMILES string of the molecule is COc1ccc(CC(=O)c2cncc(OC(C)C)c2)cc1. The monoisotopic (exact) mass is 285 g/mol. The van der Waals surface area contributed by atoms with E-state index in [0.717, 1.165) is 11.3 Å². The summed E-state index contributed by atoms with van der Waals surface area (Å²) in [6.07, 6.45) is 3.57. The van der Waals surface area contributed by atoms with E-state index in [1.54, 1.807) is 25.6 Å². The van der Waals surface area contributed by atoms with Crippen LogP contribution >= 0.6 is 0 Å². The van der Waals surface area contributed by atoms with E-state index >= 15 is 0 Å². The molecule has 4 nitrogen and oxygen atoms in total. The van der Waals surface area contributed by atoms with Crippen LogP contribution in [0.4, 0.5) is 0 Å². The zero-order valence-electron chi connectivity index (χ0n) is 12.5. The summed E-state index contributed by atoms with van der Waals surface area (Å²) >= 11 is 0. The van der Waals surface area contributed by atoms with Crippen LogP contribution in [0.25, 0.3) is 0 Å². The molecule has 1 aromatic heterocycles. The first kappa shape index (κ1) is 15.0. The average Bonchev–Trinajstić information content (AvgIpc) is 2.47. The van der Waals surface area contributed by atoms with E-state index in [1.807, 2.05) is 38.1 Å². The van der Waals surface area contributed by atoms with Crippen LogP contribution in [0.5, 0.6) is 11.5 Å². The lowest BCUT2D eigenvalue weighted by molar-refractivity contribution is 0.0991. The molecule has 0 saturated heterocycles. The highest BCUT2D eigenvalue weighted by Crippen LogP contribution is 2.16. The molecule has 110 valence electrons. The summed E-state index contributed by atoms with van der Waals surface area (Å²) in [4.78, 5) is 16.3. The van der Waals surface area contributed by atoms with Gasteiger partial charge < -0.3 is 9.47 Å². The van der Waals surface area contributed by atoms with Gasteiger partial charge in [0.15, 0.2) is 5.78 Å². The number of hydrogen-bond acceptors (Lipinski definition) is 4. The smallest absolute Gasteiger partial charge is 0.168 e. The average molecular weight is 285 g/mol. The van der Waals surface area contributed by atoms with Gasteiger partial charge in [-0.2, -0.15) is 0 Å². The number of aromatic nitrogens is 1. The van der Waals surface area contributed by atoms with E-state index in [1.165, 1.54) is 0 Å². The Morgan fingerprint density at radius 3 is 2.48 bits per heavy atom. The molecule has 0 fully saturated rings. The van der Waals surface area contributed by atoms with Gasteiger partial charge in [0.1, 0.15) is 11.5 Å². The van der Waals surface area contributed by atoms with Crippen molar-refractivity contribution in [3.63, 3.8) is 0 Å². The molecular weight excluding hydrogens is 266 g/mol. The second kappa shape index (κ2) is 6.88. The Morgan fingerprint density at radius 1 is 1.14 bits per heavy atom. The highest BCUT2D eigenvalue weighted by atomic mass is 16.5. The topological polar surface area (TPSA) is 48.4 Å². The molecule has 1 aromatic carbocycles. The Kier molecular flexibility index (Phi) is 4.93. The lowest BCUT2D eigenvalue weighted by Gasteiger charge is -2.10. The molecule has 2 rings (SSSR count). The van der Waals surface area contributed by atoms with Crippen molar-refractivity contribution in [2.24, 2.45) is 0 Å². The third-order valence-corrected chi connectivity index (χ3v) is 2.93. The van der Waals surface area contributed by atoms with Gasteiger partial charge >= 0.3 is 0 Å². The molecule has 0 amide bonds. The van der Waals surface area contributed by atoms with Crippen LogP contribution in [0.1, 0.15) is 29.8 Å². The van der Waals surface area contributed by atoms with Gasteiger partial charge in [0.25, 0.3) is 0 Å². The van der Waals surface area contributed by atoms with Gasteiger partial charge in [-0.1, -0.05) is 12.1 Å². The fourth-order valence-electron chi connectivity index (χ4n) is 1.94. The van der Waals surface area contributed by atoms with E-state index in [2.05, 4.69) is 4.98 Å². The minimum Gasteiger partial charge on any atom is -0.497 e. The maximum absolute atomic E-state index is 12.3. The summed E-state index contributed by atoms with van der Waals surface area (Å²) in [5.41, 5.74) is 1.50. The lowest BCUT2D eigenvalue weighted by atomic mass is 10.0. The van der Waals surface area contributed by atoms with Crippen LogP contribution in [0.2, 0.25) is 0 Å². The molecule has 0 aliphatic rings. The molecule has 0 bridgehead atoms. The summed E-state index contributed by atoms with van der Waals surface area (Å²) in [6, 6.07) is 9.20. The zero-order chi connectivity index (χ0) is 15.2. The number of carbonyl (C=O) groups is 1. The molecule has 0 saturated carbocycles. The number of ketones is 1. The molecule has 0 N–H and O–H groups in total. The van der Waals surface area contributed by atoms with Crippen molar-refractivity contribution in [2.45, 2.75) is 26.4 Å². The van der Waals surface area contributed by atoms with Gasteiger partial charge in [-0.25, -0.2) is 0 Å². The Morgan fingerprint density at radius 2 is 1.86 bits per heavy atom. The molecule has 0 unspecified atom stereocenters. The molecule has 0 aliphatic carbocycles. The van der Waals surface area contributed by atoms with E-state index < -0.39 is 0 Å². The maximum Gasteiger partial charge on any atom is 0.168 e. The maximum atomic E-state index is 12.3. The fourth-order valence-corrected chi connectivity index (χ4v) is 1.94. The van der Waals surface area contributed by atoms with Crippen molar-refractivity contribution in [1.82, 2.24) is 4.98 Å². The van der Waals surface area contributed by atoms with Gasteiger partial charge in [0.05, 0.1) is 19.4 Å². The molecule has 2 aromatic rings. The van der Waals surface area contributed by atoms with Crippen molar-refractivity contribution in [3.05, 3.63) is 53.9 Å². The third kappa shape index (κ3) is 4.31. The number of pyridine rings is 1. The number of rotatable bonds is 6. The van der Waals surface area contributed by atoms with Gasteiger partial charge in [-0.15, -0.1) is 0 Å². The second-order valence-electron chi connectivity index (χ2n) is 5.02. The lowest BCUT2D eigenvalue weighted by Crippen LogP contribution is -2.08. The van der Waals surface area contributed by atoms with Crippen molar-refractivity contribution >= 4 is 5.78 Å². The van der Waals surface area contributed by atoms with Crippen LogP contribution in [0.3, 0.4) is 0 Å². The van der Waals surface area contributed by atoms with Crippen LogP contribution < -0.4 is 9.47 Å². The summed E-state index contributed by atoms with van der Waals surface area (Å²) in [6.45, 7) is 3.87. The minimum atomic E-state index is 0.0156. The molecule has 0 radical (unpaired) electrons. The third-order valence-electron chi connectivity index (χ3n) is 2.93. The second-order valence-corrected chi connectivity index (χ2v) is 5.02. The zero-order valence-corrected chi connectivity index (χ0v) is 12.5. The molecule has 21 heavy (non-hydrogen) atoms. The summed E-state index contributed by atoms with van der Waals surface area (Å²) < 4.78 is 10.7. The number of nitrogens with zero attached hydrogens (tertiary/aromatic N) is 1. The van der Waals surface area contributed by atoms with Crippen molar-refractivity contribution < 1.29 is 14.3 Å². The quantitative estimate of drug-likeness (QED) is 0.764. The molecule has 4 heteroatoms. The number of Topliss-reactive ketones (excluding diaryl/α,β-unsaturated/α-hetero) is 1. The van der Waals surface area contributed by atoms with Crippen LogP contribution in [-0.4, -0.2) is 24.0 Å². The Labute approximate surface area is 124 Å². The fraction of sp³-hybridized carbons (Fsp3) is 0.294. The van der Waals surface area contributed by atoms with E-state index in [-0.39, 0.29) is 11.9 Å². The van der Waals surface area contributed by atoms with E-state index in [0.29, 0.717) is 17.7 Å². The van der Waals surface area contributed by atoms with Crippen LogP contribution in [0, 0.1) is 0 Å². The molecule has 0 spiro atoms. The van der Waals surface area contributed by atoms with Crippen molar-refractivity contribution in [2.75, 3.05) is 7.11 Å². The van der Waals surface area contributed by atoms with E-state index in [4.69, 9.17) is 9.47 Å². The first-order valence-electron chi connectivity index (χ1n) is 6.86. The number of carbonyl (C=O) groups excluding carboxylic acids is 1. The van der Waals surface area contributed by atoms with Gasteiger partial charge in [-0.3, -0.25) is 9.78 Å². The molecule has 0 atom stereocenters. The van der Waals surface area contributed by atoms with Crippen LogP contribution in [-0.2, 0) is 6.42 Å². The molecular formula is C17H19NO3. The number of hydrogen-bond donors (Lipinski definition) is 0. The molecule has 1 heterocycles. The number of methoxy groups -OCH3 is 1. The van der Waals surface area contributed by atoms with Gasteiger partial charge in [0, 0.05) is 18.2 Å². The summed E-state index contributed by atoms with van der Waals surface area (Å²) in [5, 5.41) is 0. The van der Waals surface area contributed by atoms with Gasteiger partial charge in [0.2, 0.25) is 0 Å². The Bertz CT molecular complexity index is 606. The number of ether oxygens (including phenoxy) is 2. The van der Waals surface area contributed by atoms with Gasteiger partial charge in [-0.05, 0) is 37.6 Å².